The van der Waals surface area contributed by atoms with Gasteiger partial charge in [-0.3, -0.25) is 4.79 Å². The van der Waals surface area contributed by atoms with Crippen molar-refractivity contribution in [3.05, 3.63) is 51.6 Å². The number of carbonyl (C=O) groups is 1. The van der Waals surface area contributed by atoms with Gasteiger partial charge in [0.1, 0.15) is 10.0 Å². The van der Waals surface area contributed by atoms with Gasteiger partial charge in [-0.2, -0.15) is 4.31 Å². The van der Waals surface area contributed by atoms with Gasteiger partial charge in [0.15, 0.2) is 0 Å². The summed E-state index contributed by atoms with van der Waals surface area (Å²) in [6.07, 6.45) is 1.77. The molecule has 0 spiro atoms. The number of hydrogen-bond donors (Lipinski definition) is 1. The lowest BCUT2D eigenvalue weighted by Gasteiger charge is -2.13. The summed E-state index contributed by atoms with van der Waals surface area (Å²) in [5.74, 6) is -0.993. The van der Waals surface area contributed by atoms with E-state index in [1.54, 1.807) is 12.1 Å². The van der Waals surface area contributed by atoms with Gasteiger partial charge in [0, 0.05) is 23.5 Å². The second kappa shape index (κ2) is 7.41. The van der Waals surface area contributed by atoms with Crippen molar-refractivity contribution in [2.45, 2.75) is 23.6 Å². The fourth-order valence-electron chi connectivity index (χ4n) is 2.55. The number of carbonyl (C=O) groups excluding carboxylic acids is 1. The Morgan fingerprint density at radius 1 is 1.24 bits per heavy atom. The normalized spacial score (nSPS) is 15.4. The lowest BCUT2D eigenvalue weighted by atomic mass is 10.2. The number of rotatable bonds is 5. The van der Waals surface area contributed by atoms with Crippen LogP contribution < -0.4 is 5.32 Å². The summed E-state index contributed by atoms with van der Waals surface area (Å²) in [6, 6.07) is 6.97. The summed E-state index contributed by atoms with van der Waals surface area (Å²) < 4.78 is 39.9. The number of halogens is 2. The van der Waals surface area contributed by atoms with Crippen LogP contribution in [0.2, 0.25) is 5.02 Å². The SMILES string of the molecule is O=C(NCc1ccc(S(=O)(=O)N2CCCC2)s1)c1ccc(F)c(Cl)c1. The highest BCUT2D eigenvalue weighted by Gasteiger charge is 2.28. The predicted molar refractivity (Wildman–Crippen MR) is 94.9 cm³/mol. The standard InChI is InChI=1S/C16H16ClFN2O3S2/c17-13-9-11(3-5-14(13)18)16(21)19-10-12-4-6-15(24-12)25(22,23)20-7-1-2-8-20/h3-6,9H,1-2,7-8,10H2,(H,19,21). The highest BCUT2D eigenvalue weighted by molar-refractivity contribution is 7.91. The Kier molecular flexibility index (Phi) is 5.43. The maximum absolute atomic E-state index is 13.1. The molecule has 1 fully saturated rings. The maximum Gasteiger partial charge on any atom is 0.252 e. The van der Waals surface area contributed by atoms with E-state index in [1.165, 1.54) is 16.4 Å². The number of thiophene rings is 1. The Balaban J connectivity index is 1.65. The molecule has 5 nitrogen and oxygen atoms in total. The first-order chi connectivity index (χ1) is 11.9. The number of sulfonamides is 1. The van der Waals surface area contributed by atoms with Crippen LogP contribution in [0.5, 0.6) is 0 Å². The van der Waals surface area contributed by atoms with Crippen LogP contribution in [0.1, 0.15) is 28.1 Å². The van der Waals surface area contributed by atoms with E-state index in [1.807, 2.05) is 0 Å². The molecule has 0 aliphatic carbocycles. The molecule has 1 aliphatic rings. The first-order valence-electron chi connectivity index (χ1n) is 7.70. The van der Waals surface area contributed by atoms with Crippen molar-refractivity contribution in [3.8, 4) is 0 Å². The van der Waals surface area contributed by atoms with Crippen molar-refractivity contribution in [2.24, 2.45) is 0 Å². The highest BCUT2D eigenvalue weighted by atomic mass is 35.5. The van der Waals surface area contributed by atoms with Gasteiger partial charge in [0.25, 0.3) is 15.9 Å². The molecule has 1 aliphatic heterocycles. The van der Waals surface area contributed by atoms with Crippen LogP contribution >= 0.6 is 22.9 Å². The largest absolute Gasteiger partial charge is 0.347 e. The van der Waals surface area contributed by atoms with Gasteiger partial charge < -0.3 is 5.32 Å². The summed E-state index contributed by atoms with van der Waals surface area (Å²) in [6.45, 7) is 1.29. The van der Waals surface area contributed by atoms with E-state index in [9.17, 15) is 17.6 Å². The maximum atomic E-state index is 13.1. The van der Waals surface area contributed by atoms with Crippen molar-refractivity contribution < 1.29 is 17.6 Å². The lowest BCUT2D eigenvalue weighted by molar-refractivity contribution is 0.0951. The van der Waals surface area contributed by atoms with Crippen molar-refractivity contribution in [3.63, 3.8) is 0 Å². The number of benzene rings is 1. The molecule has 0 bridgehead atoms. The molecule has 134 valence electrons. The molecule has 3 rings (SSSR count). The van der Waals surface area contributed by atoms with E-state index < -0.39 is 21.7 Å². The molecule has 0 radical (unpaired) electrons. The number of hydrogen-bond acceptors (Lipinski definition) is 4. The molecule has 2 aromatic rings. The van der Waals surface area contributed by atoms with Gasteiger partial charge in [0.2, 0.25) is 0 Å². The second-order valence-corrected chi connectivity index (χ2v) is 9.38. The third-order valence-electron chi connectivity index (χ3n) is 3.90. The van der Waals surface area contributed by atoms with Gasteiger partial charge in [0.05, 0.1) is 11.6 Å². The van der Waals surface area contributed by atoms with E-state index >= 15 is 0 Å². The molecule has 0 unspecified atom stereocenters. The molecule has 0 atom stereocenters. The van der Waals surface area contributed by atoms with E-state index in [2.05, 4.69) is 5.32 Å². The van der Waals surface area contributed by atoms with Crippen LogP contribution in [0.25, 0.3) is 0 Å². The van der Waals surface area contributed by atoms with Gasteiger partial charge in [-0.1, -0.05) is 11.6 Å². The van der Waals surface area contributed by atoms with Crippen LogP contribution in [-0.4, -0.2) is 31.7 Å². The minimum absolute atomic E-state index is 0.122. The number of nitrogens with one attached hydrogen (secondary N) is 1. The molecule has 1 saturated heterocycles. The van der Waals surface area contributed by atoms with E-state index in [4.69, 9.17) is 11.6 Å². The molecule has 25 heavy (non-hydrogen) atoms. The van der Waals surface area contributed by atoms with Crippen molar-refractivity contribution in [1.29, 1.82) is 0 Å². The Morgan fingerprint density at radius 2 is 1.96 bits per heavy atom. The van der Waals surface area contributed by atoms with Crippen LogP contribution in [0.4, 0.5) is 4.39 Å². The lowest BCUT2D eigenvalue weighted by Crippen LogP contribution is -2.27. The van der Waals surface area contributed by atoms with E-state index in [-0.39, 0.29) is 21.3 Å². The predicted octanol–water partition coefficient (Wildman–Crippen LogP) is 3.26. The summed E-state index contributed by atoms with van der Waals surface area (Å²) in [7, 11) is -3.44. The molecule has 1 aromatic heterocycles. The average molecular weight is 403 g/mol. The molecular formula is C16H16ClFN2O3S2. The number of nitrogens with zero attached hydrogens (tertiary/aromatic N) is 1. The highest BCUT2D eigenvalue weighted by Crippen LogP contribution is 2.27. The Bertz CT molecular complexity index is 893. The zero-order chi connectivity index (χ0) is 18.0. The molecule has 0 saturated carbocycles. The monoisotopic (exact) mass is 402 g/mol. The average Bonchev–Trinajstić information content (AvgIpc) is 3.27. The smallest absolute Gasteiger partial charge is 0.252 e. The molecule has 1 amide bonds. The third kappa shape index (κ3) is 4.03. The van der Waals surface area contributed by atoms with E-state index in [0.717, 1.165) is 35.1 Å². The fourth-order valence-corrected chi connectivity index (χ4v) is 5.70. The van der Waals surface area contributed by atoms with Crippen LogP contribution in [0.15, 0.2) is 34.5 Å². The van der Waals surface area contributed by atoms with Crippen molar-refractivity contribution >= 4 is 38.9 Å². The van der Waals surface area contributed by atoms with Gasteiger partial charge in [-0.15, -0.1) is 11.3 Å². The molecule has 2 heterocycles. The van der Waals surface area contributed by atoms with Gasteiger partial charge in [-0.05, 0) is 43.2 Å². The number of amides is 1. The summed E-state index contributed by atoms with van der Waals surface area (Å²) >= 11 is 6.81. The van der Waals surface area contributed by atoms with Crippen molar-refractivity contribution in [1.82, 2.24) is 9.62 Å². The van der Waals surface area contributed by atoms with Gasteiger partial charge >= 0.3 is 0 Å². The Morgan fingerprint density at radius 3 is 2.64 bits per heavy atom. The zero-order valence-electron chi connectivity index (χ0n) is 13.2. The first kappa shape index (κ1) is 18.3. The fraction of sp³-hybridized carbons (Fsp3) is 0.312. The third-order valence-corrected chi connectivity index (χ3v) is 7.64. The summed E-state index contributed by atoms with van der Waals surface area (Å²) in [5.41, 5.74) is 0.243. The molecular weight excluding hydrogens is 387 g/mol. The van der Waals surface area contributed by atoms with Crippen LogP contribution in [0, 0.1) is 5.82 Å². The zero-order valence-corrected chi connectivity index (χ0v) is 15.6. The minimum atomic E-state index is -3.44. The molecule has 9 heteroatoms. The summed E-state index contributed by atoms with van der Waals surface area (Å²) in [5, 5.41) is 2.56. The van der Waals surface area contributed by atoms with E-state index in [0.29, 0.717) is 13.1 Å². The Labute approximate surface area is 154 Å². The first-order valence-corrected chi connectivity index (χ1v) is 10.3. The second-order valence-electron chi connectivity index (χ2n) is 5.64. The van der Waals surface area contributed by atoms with Gasteiger partial charge in [-0.25, -0.2) is 12.8 Å². The van der Waals surface area contributed by atoms with Crippen molar-refractivity contribution in [2.75, 3.05) is 13.1 Å². The Hall–Kier alpha value is -1.48. The quantitative estimate of drug-likeness (QED) is 0.834. The van der Waals surface area contributed by atoms with Crippen LogP contribution in [-0.2, 0) is 16.6 Å². The minimum Gasteiger partial charge on any atom is -0.347 e. The topological polar surface area (TPSA) is 66.5 Å². The van der Waals surface area contributed by atoms with Crippen LogP contribution in [0.3, 0.4) is 0 Å². The molecule has 1 N–H and O–H groups in total. The summed E-state index contributed by atoms with van der Waals surface area (Å²) in [4.78, 5) is 12.8. The molecule has 1 aromatic carbocycles.